The van der Waals surface area contributed by atoms with Crippen LogP contribution in [-0.2, 0) is 11.3 Å². The van der Waals surface area contributed by atoms with Crippen molar-refractivity contribution < 1.29 is 40.7 Å². The third-order valence-corrected chi connectivity index (χ3v) is 8.77. The average Bonchev–Trinajstić information content (AvgIpc) is 2.99. The van der Waals surface area contributed by atoms with E-state index in [-0.39, 0.29) is 85.9 Å². The topological polar surface area (TPSA) is 90.5 Å². The molecule has 2 fully saturated rings. The van der Waals surface area contributed by atoms with Crippen LogP contribution in [0.15, 0.2) is 48.6 Å². The molecule has 7 nitrogen and oxygen atoms in total. The Kier molecular flexibility index (Phi) is 11.0. The van der Waals surface area contributed by atoms with Crippen LogP contribution in [0.25, 0.3) is 0 Å². The maximum absolute atomic E-state index is 13.5. The monoisotopic (exact) mass is 672 g/mol. The van der Waals surface area contributed by atoms with Crippen LogP contribution < -0.4 is 20.9 Å². The SMILES string of the molecule is C=C(C)C(=O)NCc1ccc(Cl)c(C(=O)Nc2ccc(N3CCC(C(F)(F)F)CC3)c(C(=O)NC3CCC(C(F)(F)F)CC3)c2)c1. The number of carbonyl (C=O) groups is 3. The van der Waals surface area contributed by atoms with Crippen LogP contribution >= 0.6 is 11.6 Å². The van der Waals surface area contributed by atoms with Gasteiger partial charge in [0.1, 0.15) is 0 Å². The first-order chi connectivity index (χ1) is 21.5. The predicted molar refractivity (Wildman–Crippen MR) is 163 cm³/mol. The van der Waals surface area contributed by atoms with Crippen LogP contribution in [0, 0.1) is 11.8 Å². The maximum Gasteiger partial charge on any atom is 0.391 e. The lowest BCUT2D eigenvalue weighted by atomic mass is 9.85. The van der Waals surface area contributed by atoms with Crippen molar-refractivity contribution in [2.24, 2.45) is 11.8 Å². The molecule has 0 bridgehead atoms. The molecule has 4 rings (SSSR count). The van der Waals surface area contributed by atoms with E-state index < -0.39 is 42.0 Å². The Labute approximate surface area is 267 Å². The van der Waals surface area contributed by atoms with E-state index in [1.807, 2.05) is 0 Å². The highest BCUT2D eigenvalue weighted by atomic mass is 35.5. The Hall–Kier alpha value is -3.74. The number of alkyl halides is 6. The summed E-state index contributed by atoms with van der Waals surface area (Å²) < 4.78 is 79.3. The van der Waals surface area contributed by atoms with Crippen molar-refractivity contribution in [1.82, 2.24) is 10.6 Å². The zero-order valence-electron chi connectivity index (χ0n) is 25.1. The standard InChI is InChI=1S/C32H35ClF6N4O3/c1-18(2)28(44)40-17-19-3-9-26(33)24(15-19)29(45)42-23-8-10-27(43-13-11-21(12-14-43)32(37,38)39)25(16-23)30(46)41-22-6-4-20(5-7-22)31(34,35)36/h3,8-10,15-16,20-22H,1,4-7,11-14,17H2,2H3,(H,40,44)(H,41,46)(H,42,45). The molecule has 46 heavy (non-hydrogen) atoms. The van der Waals surface area contributed by atoms with Crippen LogP contribution in [0.5, 0.6) is 0 Å². The first-order valence-corrected chi connectivity index (χ1v) is 15.3. The van der Waals surface area contributed by atoms with E-state index in [1.54, 1.807) is 17.9 Å². The summed E-state index contributed by atoms with van der Waals surface area (Å²) in [5.74, 6) is -4.47. The number of anilines is 2. The molecule has 0 spiro atoms. The molecule has 2 aromatic carbocycles. The second kappa shape index (κ2) is 14.4. The number of hydrogen-bond acceptors (Lipinski definition) is 4. The highest BCUT2D eigenvalue weighted by Gasteiger charge is 2.43. The van der Waals surface area contributed by atoms with E-state index in [9.17, 15) is 40.7 Å². The number of benzene rings is 2. The van der Waals surface area contributed by atoms with Crippen molar-refractivity contribution in [3.8, 4) is 0 Å². The molecule has 250 valence electrons. The van der Waals surface area contributed by atoms with Crippen LogP contribution in [0.3, 0.4) is 0 Å². The molecule has 0 atom stereocenters. The summed E-state index contributed by atoms with van der Waals surface area (Å²) in [6.45, 7) is 5.31. The minimum Gasteiger partial charge on any atom is -0.371 e. The lowest BCUT2D eigenvalue weighted by Crippen LogP contribution is -2.42. The molecule has 2 aromatic rings. The zero-order chi connectivity index (χ0) is 33.8. The number of piperidine rings is 1. The van der Waals surface area contributed by atoms with E-state index in [2.05, 4.69) is 22.5 Å². The highest BCUT2D eigenvalue weighted by Crippen LogP contribution is 2.39. The van der Waals surface area contributed by atoms with Crippen molar-refractivity contribution in [3.63, 3.8) is 0 Å². The third-order valence-electron chi connectivity index (χ3n) is 8.44. The zero-order valence-corrected chi connectivity index (χ0v) is 25.8. The van der Waals surface area contributed by atoms with Crippen molar-refractivity contribution >= 4 is 40.7 Å². The first-order valence-electron chi connectivity index (χ1n) is 14.9. The lowest BCUT2D eigenvalue weighted by molar-refractivity contribution is -0.182. The van der Waals surface area contributed by atoms with Crippen molar-refractivity contribution in [2.45, 2.75) is 70.4 Å². The molecule has 14 heteroatoms. The second-order valence-corrected chi connectivity index (χ2v) is 12.2. The molecule has 3 N–H and O–H groups in total. The quantitative estimate of drug-likeness (QED) is 0.201. The number of rotatable bonds is 8. The smallest absolute Gasteiger partial charge is 0.371 e. The molecule has 1 saturated carbocycles. The Morgan fingerprint density at radius 1 is 0.848 bits per heavy atom. The summed E-state index contributed by atoms with van der Waals surface area (Å²) in [5, 5.41) is 8.28. The Morgan fingerprint density at radius 3 is 2.04 bits per heavy atom. The van der Waals surface area contributed by atoms with Gasteiger partial charge in [-0.3, -0.25) is 14.4 Å². The number of nitrogens with one attached hydrogen (secondary N) is 3. The fraction of sp³-hybridized carbons (Fsp3) is 0.469. The molecule has 1 aliphatic carbocycles. The van der Waals surface area contributed by atoms with Crippen molar-refractivity contribution in [3.05, 3.63) is 70.3 Å². The Balaban J connectivity index is 1.54. The van der Waals surface area contributed by atoms with Gasteiger partial charge in [0.2, 0.25) is 5.91 Å². The summed E-state index contributed by atoms with van der Waals surface area (Å²) >= 11 is 6.29. The van der Waals surface area contributed by atoms with Crippen LogP contribution in [0.4, 0.5) is 37.7 Å². The second-order valence-electron chi connectivity index (χ2n) is 11.8. The molecule has 1 saturated heterocycles. The van der Waals surface area contributed by atoms with E-state index >= 15 is 0 Å². The minimum absolute atomic E-state index is 0.0389. The maximum atomic E-state index is 13.5. The van der Waals surface area contributed by atoms with Gasteiger partial charge in [0.15, 0.2) is 0 Å². The third kappa shape index (κ3) is 8.95. The van der Waals surface area contributed by atoms with Crippen LogP contribution in [0.1, 0.15) is 71.7 Å². The largest absolute Gasteiger partial charge is 0.391 e. The molecular weight excluding hydrogens is 638 g/mol. The Bertz CT molecular complexity index is 1460. The van der Waals surface area contributed by atoms with E-state index in [4.69, 9.17) is 11.6 Å². The van der Waals surface area contributed by atoms with Gasteiger partial charge in [-0.15, -0.1) is 0 Å². The lowest BCUT2D eigenvalue weighted by Gasteiger charge is -2.35. The molecular formula is C32H35ClF6N4O3. The molecule has 0 aromatic heterocycles. The van der Waals surface area contributed by atoms with Gasteiger partial charge in [-0.1, -0.05) is 24.2 Å². The molecule has 3 amide bonds. The summed E-state index contributed by atoms with van der Waals surface area (Å²) in [6.07, 6.45) is -8.96. The molecule has 1 heterocycles. The number of hydrogen-bond donors (Lipinski definition) is 3. The highest BCUT2D eigenvalue weighted by molar-refractivity contribution is 6.34. The van der Waals surface area contributed by atoms with Crippen LogP contribution in [0.2, 0.25) is 5.02 Å². The van der Waals surface area contributed by atoms with Gasteiger partial charge in [-0.25, -0.2) is 0 Å². The number of nitrogens with zero attached hydrogens (tertiary/aromatic N) is 1. The Morgan fingerprint density at radius 2 is 1.46 bits per heavy atom. The number of carbonyl (C=O) groups excluding carboxylic acids is 3. The number of halogens is 7. The van der Waals surface area contributed by atoms with Gasteiger partial charge in [0.05, 0.1) is 28.0 Å². The average molecular weight is 673 g/mol. The van der Waals surface area contributed by atoms with E-state index in [0.29, 0.717) is 16.8 Å². The molecule has 0 unspecified atom stereocenters. The minimum atomic E-state index is -4.33. The van der Waals surface area contributed by atoms with Crippen LogP contribution in [-0.4, -0.2) is 49.2 Å². The van der Waals surface area contributed by atoms with Crippen molar-refractivity contribution in [2.75, 3.05) is 23.3 Å². The summed E-state index contributed by atoms with van der Waals surface area (Å²) in [4.78, 5) is 40.3. The van der Waals surface area contributed by atoms with Gasteiger partial charge in [-0.2, -0.15) is 26.3 Å². The molecule has 2 aliphatic rings. The first kappa shape index (κ1) is 35.1. The van der Waals surface area contributed by atoms with Gasteiger partial charge in [0, 0.05) is 42.6 Å². The fourth-order valence-electron chi connectivity index (χ4n) is 5.74. The van der Waals surface area contributed by atoms with Gasteiger partial charge in [0.25, 0.3) is 11.8 Å². The number of amides is 3. The van der Waals surface area contributed by atoms with Gasteiger partial charge >= 0.3 is 12.4 Å². The van der Waals surface area contributed by atoms with Crippen molar-refractivity contribution in [1.29, 1.82) is 0 Å². The van der Waals surface area contributed by atoms with Gasteiger partial charge < -0.3 is 20.9 Å². The summed E-state index contributed by atoms with van der Waals surface area (Å²) in [7, 11) is 0. The molecule has 0 radical (unpaired) electrons. The summed E-state index contributed by atoms with van der Waals surface area (Å²) in [5.41, 5.74) is 1.62. The van der Waals surface area contributed by atoms with E-state index in [1.165, 1.54) is 30.3 Å². The normalized spacial score (nSPS) is 19.3. The fourth-order valence-corrected chi connectivity index (χ4v) is 5.94. The van der Waals surface area contributed by atoms with Gasteiger partial charge in [-0.05, 0) is 81.3 Å². The van der Waals surface area contributed by atoms with E-state index in [0.717, 1.165) is 0 Å². The predicted octanol–water partition coefficient (Wildman–Crippen LogP) is 7.41. The summed E-state index contributed by atoms with van der Waals surface area (Å²) in [6, 6.07) is 8.56. The molecule has 1 aliphatic heterocycles.